The van der Waals surface area contributed by atoms with E-state index < -0.39 is 48.5 Å². The van der Waals surface area contributed by atoms with Crippen LogP contribution in [0.5, 0.6) is 0 Å². The third-order valence-electron chi connectivity index (χ3n) is 9.42. The van der Waals surface area contributed by atoms with Crippen LogP contribution in [0, 0.1) is 18.8 Å². The maximum atomic E-state index is 13.1. The van der Waals surface area contributed by atoms with Crippen molar-refractivity contribution in [3.63, 3.8) is 0 Å². The van der Waals surface area contributed by atoms with Gasteiger partial charge in [0.25, 0.3) is 6.43 Å². The molecule has 5 rings (SSSR count). The molecule has 0 aliphatic heterocycles. The Morgan fingerprint density at radius 3 is 1.70 bits per heavy atom. The van der Waals surface area contributed by atoms with Gasteiger partial charge in [0.1, 0.15) is 23.3 Å². The molecule has 350 valence electrons. The molecular weight excluding hydrogens is 879 g/mol. The van der Waals surface area contributed by atoms with Gasteiger partial charge in [-0.1, -0.05) is 0 Å². The molecule has 2 saturated carbocycles. The molecule has 2 aliphatic carbocycles. The Morgan fingerprint density at radius 1 is 0.746 bits per heavy atom. The number of hydrogen-bond acceptors (Lipinski definition) is 11. The molecule has 2 aliphatic rings. The summed E-state index contributed by atoms with van der Waals surface area (Å²) in [6, 6.07) is 10.2. The first-order valence-corrected chi connectivity index (χ1v) is 18.5. The van der Waals surface area contributed by atoms with Gasteiger partial charge in [0, 0.05) is 29.6 Å². The second-order valence-electron chi connectivity index (χ2n) is 14.3. The molecule has 7 N–H and O–H groups in total. The summed E-state index contributed by atoms with van der Waals surface area (Å²) in [5, 5.41) is 35.9. The van der Waals surface area contributed by atoms with Crippen LogP contribution in [0.1, 0.15) is 81.5 Å². The number of aliphatic hydroxyl groups is 1. The van der Waals surface area contributed by atoms with E-state index in [1.807, 2.05) is 31.2 Å². The first kappa shape index (κ1) is 53.4. The van der Waals surface area contributed by atoms with Crippen LogP contribution < -0.4 is 11.1 Å². The first-order valence-electron chi connectivity index (χ1n) is 18.5. The highest BCUT2D eigenvalue weighted by atomic mass is 19.4. The second-order valence-corrected chi connectivity index (χ2v) is 14.3. The zero-order valence-corrected chi connectivity index (χ0v) is 33.1. The molecule has 0 aromatic carbocycles. The molecule has 0 saturated heterocycles. The Morgan fingerprint density at radius 2 is 1.25 bits per heavy atom. The van der Waals surface area contributed by atoms with Crippen LogP contribution in [-0.4, -0.2) is 89.9 Å². The van der Waals surface area contributed by atoms with Crippen molar-refractivity contribution in [1.82, 2.24) is 15.0 Å². The van der Waals surface area contributed by atoms with Gasteiger partial charge in [0.2, 0.25) is 0 Å². The van der Waals surface area contributed by atoms with Crippen LogP contribution in [0.3, 0.4) is 0 Å². The van der Waals surface area contributed by atoms with Gasteiger partial charge in [-0.05, 0) is 113 Å². The lowest BCUT2D eigenvalue weighted by Crippen LogP contribution is -2.38. The largest absolute Gasteiger partial charge is 0.490 e. The predicted molar refractivity (Wildman–Crippen MR) is 197 cm³/mol. The number of carboxylic acids is 3. The Hall–Kier alpha value is -5.72. The number of alkyl halides is 11. The van der Waals surface area contributed by atoms with E-state index in [4.69, 9.17) is 40.2 Å². The molecular formula is C38H42F11N5O9. The number of ether oxygens (including phenoxy) is 1. The fraction of sp³-hybridized carbons (Fsp3) is 0.500. The molecule has 14 nitrogen and oxygen atoms in total. The van der Waals surface area contributed by atoms with E-state index >= 15 is 0 Å². The number of aromatic nitrogens is 3. The van der Waals surface area contributed by atoms with Crippen molar-refractivity contribution in [1.29, 1.82) is 0 Å². The Balaban J connectivity index is 0.000000536. The number of carbonyl (C=O) groups excluding carboxylic acids is 1. The zero-order chi connectivity index (χ0) is 48.1. The third-order valence-corrected chi connectivity index (χ3v) is 9.42. The van der Waals surface area contributed by atoms with E-state index in [1.165, 1.54) is 18.3 Å². The highest BCUT2D eigenvalue weighted by molar-refractivity contribution is 5.74. The quantitative estimate of drug-likeness (QED) is 0.0922. The van der Waals surface area contributed by atoms with Crippen molar-refractivity contribution in [2.75, 3.05) is 5.32 Å². The minimum atomic E-state index is -5.08. The molecule has 0 unspecified atom stereocenters. The van der Waals surface area contributed by atoms with Crippen LogP contribution in [-0.2, 0) is 29.5 Å². The van der Waals surface area contributed by atoms with Crippen LogP contribution in [0.4, 0.5) is 59.9 Å². The number of rotatable bonds is 8. The topological polar surface area (TPSA) is 235 Å². The third kappa shape index (κ3) is 17.9. The SMILES string of the molecule is Cc1cc(Nc2cc(C(F)F)ccn2)nc(-c2ccc([C@](C)(O)[C@H]3CC[C@H](C(=O)O[C@H]4CC[C@H](N)CC4)CC3)nc2)c1.O=C(O)C(F)(F)F.O=C(O)C(F)(F)F.O=C(O)C(F)(F)F. The number of nitrogens with one attached hydrogen (secondary N) is 1. The summed E-state index contributed by atoms with van der Waals surface area (Å²) in [6.45, 7) is 3.71. The minimum Gasteiger partial charge on any atom is -0.475 e. The number of anilines is 2. The Labute approximate surface area is 350 Å². The summed E-state index contributed by atoms with van der Waals surface area (Å²) in [4.78, 5) is 52.8. The molecule has 63 heavy (non-hydrogen) atoms. The van der Waals surface area contributed by atoms with Gasteiger partial charge in [0.15, 0.2) is 0 Å². The van der Waals surface area contributed by atoms with Crippen molar-refractivity contribution in [3.8, 4) is 11.3 Å². The molecule has 0 amide bonds. The molecule has 2 fully saturated rings. The second kappa shape index (κ2) is 22.6. The number of halogens is 11. The molecule has 0 spiro atoms. The van der Waals surface area contributed by atoms with Gasteiger partial charge in [-0.2, -0.15) is 39.5 Å². The van der Waals surface area contributed by atoms with Gasteiger partial charge in [-0.3, -0.25) is 9.78 Å². The molecule has 3 aromatic heterocycles. The molecule has 3 heterocycles. The number of nitrogens with two attached hydrogens (primary N) is 1. The van der Waals surface area contributed by atoms with Crippen molar-refractivity contribution in [3.05, 3.63) is 65.6 Å². The minimum absolute atomic E-state index is 0.0241. The molecule has 3 aromatic rings. The van der Waals surface area contributed by atoms with Gasteiger partial charge < -0.3 is 36.2 Å². The number of carboxylic acid groups (broad SMARTS) is 3. The van der Waals surface area contributed by atoms with Crippen LogP contribution in [0.25, 0.3) is 11.3 Å². The summed E-state index contributed by atoms with van der Waals surface area (Å²) >= 11 is 0. The average molecular weight is 922 g/mol. The number of aryl methyl sites for hydroxylation is 1. The van der Waals surface area contributed by atoms with E-state index in [9.17, 15) is 58.2 Å². The highest BCUT2D eigenvalue weighted by Crippen LogP contribution is 2.41. The maximum absolute atomic E-state index is 13.1. The molecule has 25 heteroatoms. The van der Waals surface area contributed by atoms with Crippen molar-refractivity contribution < 1.29 is 92.6 Å². The number of nitrogens with zero attached hydrogens (tertiary/aromatic N) is 3. The van der Waals surface area contributed by atoms with Crippen molar-refractivity contribution in [2.24, 2.45) is 17.6 Å². The Bertz CT molecular complexity index is 1930. The van der Waals surface area contributed by atoms with Crippen LogP contribution >= 0.6 is 0 Å². The predicted octanol–water partition coefficient (Wildman–Crippen LogP) is 8.26. The summed E-state index contributed by atoms with van der Waals surface area (Å²) in [5.41, 5.74) is 7.59. The number of aliphatic carboxylic acids is 3. The van der Waals surface area contributed by atoms with Crippen LogP contribution in [0.2, 0.25) is 0 Å². The number of esters is 1. The van der Waals surface area contributed by atoms with Gasteiger partial charge in [0.05, 0.1) is 17.3 Å². The zero-order valence-electron chi connectivity index (χ0n) is 33.1. The molecule has 0 bridgehead atoms. The van der Waals surface area contributed by atoms with Gasteiger partial charge in [-0.15, -0.1) is 0 Å². The highest BCUT2D eigenvalue weighted by Gasteiger charge is 2.41. The van der Waals surface area contributed by atoms with Crippen molar-refractivity contribution >= 4 is 35.5 Å². The standard InChI is InChI=1S/C32H39F2N5O3.3C2HF3O2/c1-19-15-26(38-29(16-19)39-28-17-21(30(33)34)13-14-36-28)22-5-12-27(37-18-22)32(2,41)23-6-3-20(4-7-23)31(40)42-25-10-8-24(35)9-11-25;3*3-2(4,5)1(6)7/h5,12-18,20,23-25,30,41H,3-4,6-11,35H2,1-2H3,(H,36,38,39);3*(H,6,7)/t20-,23-,24-,25-,32-;;;/m1.../s1. The normalized spacial score (nSPS) is 19.9. The van der Waals surface area contributed by atoms with Crippen LogP contribution in [0.15, 0.2) is 48.8 Å². The van der Waals surface area contributed by atoms with E-state index in [2.05, 4.69) is 20.3 Å². The lowest BCUT2D eigenvalue weighted by molar-refractivity contribution is -0.193. The summed E-state index contributed by atoms with van der Waals surface area (Å²) < 4.78 is 127. The lowest BCUT2D eigenvalue weighted by atomic mass is 9.73. The maximum Gasteiger partial charge on any atom is 0.490 e. The molecule has 0 radical (unpaired) electrons. The van der Waals surface area contributed by atoms with E-state index in [-0.39, 0.29) is 41.3 Å². The average Bonchev–Trinajstić information content (AvgIpc) is 3.18. The van der Waals surface area contributed by atoms with Gasteiger partial charge >= 0.3 is 42.4 Å². The lowest BCUT2D eigenvalue weighted by Gasteiger charge is -2.37. The monoisotopic (exact) mass is 921 g/mol. The summed E-state index contributed by atoms with van der Waals surface area (Å²) in [7, 11) is 0. The van der Waals surface area contributed by atoms with Gasteiger partial charge in [-0.25, -0.2) is 33.1 Å². The Kier molecular flexibility index (Phi) is 19.1. The first-order chi connectivity index (χ1) is 28.9. The number of hydrogen-bond donors (Lipinski definition) is 6. The summed E-state index contributed by atoms with van der Waals surface area (Å²) in [6.07, 6.45) is -8.60. The van der Waals surface area contributed by atoms with Crippen molar-refractivity contribution in [2.45, 2.75) is 108 Å². The fourth-order valence-corrected chi connectivity index (χ4v) is 6.07. The van der Waals surface area contributed by atoms with E-state index in [1.54, 1.807) is 13.1 Å². The fourth-order valence-electron chi connectivity index (χ4n) is 6.07. The van der Waals surface area contributed by atoms with E-state index in [0.29, 0.717) is 42.9 Å². The van der Waals surface area contributed by atoms with E-state index in [0.717, 1.165) is 36.8 Å². The number of carbonyl (C=O) groups is 4. The number of pyridine rings is 3. The molecule has 1 atom stereocenters. The smallest absolute Gasteiger partial charge is 0.475 e. The summed E-state index contributed by atoms with van der Waals surface area (Å²) in [5.74, 6) is -7.80.